The highest BCUT2D eigenvalue weighted by molar-refractivity contribution is 5.91. The number of nitrogens with one attached hydrogen (secondary N) is 1. The van der Waals surface area contributed by atoms with Crippen LogP contribution in [0.1, 0.15) is 30.9 Å². The second-order valence-corrected chi connectivity index (χ2v) is 5.32. The fourth-order valence-corrected chi connectivity index (χ4v) is 2.04. The van der Waals surface area contributed by atoms with Crippen LogP contribution in [0.4, 0.5) is 0 Å². The lowest BCUT2D eigenvalue weighted by atomic mass is 10.2. The van der Waals surface area contributed by atoms with E-state index < -0.39 is 0 Å². The monoisotopic (exact) mass is 309 g/mol. The third kappa shape index (κ3) is 6.39. The van der Waals surface area contributed by atoms with Crippen molar-refractivity contribution in [2.45, 2.75) is 26.4 Å². The van der Waals surface area contributed by atoms with Crippen molar-refractivity contribution in [1.29, 1.82) is 0 Å². The van der Waals surface area contributed by atoms with Gasteiger partial charge in [0.2, 0.25) is 5.91 Å². The molecule has 0 bridgehead atoms. The zero-order chi connectivity index (χ0) is 16.3. The Balaban J connectivity index is 1.81. The molecule has 0 saturated carbocycles. The summed E-state index contributed by atoms with van der Waals surface area (Å²) in [6.07, 6.45) is 5.46. The highest BCUT2D eigenvalue weighted by Gasteiger charge is 1.97. The summed E-state index contributed by atoms with van der Waals surface area (Å²) >= 11 is 0. The fraction of sp³-hybridized carbons (Fsp3) is 0.250. The first-order valence-corrected chi connectivity index (χ1v) is 8.00. The van der Waals surface area contributed by atoms with Crippen LogP contribution in [-0.4, -0.2) is 12.5 Å². The third-order valence-electron chi connectivity index (χ3n) is 3.39. The van der Waals surface area contributed by atoms with Gasteiger partial charge in [-0.3, -0.25) is 4.79 Å². The molecule has 0 unspecified atom stereocenters. The van der Waals surface area contributed by atoms with E-state index in [4.69, 9.17) is 4.74 Å². The predicted molar refractivity (Wildman–Crippen MR) is 94.2 cm³/mol. The molecule has 3 nitrogen and oxygen atoms in total. The molecule has 2 aromatic rings. The number of hydrogen-bond donors (Lipinski definition) is 1. The molecule has 120 valence electrons. The van der Waals surface area contributed by atoms with Crippen molar-refractivity contribution in [3.05, 3.63) is 71.8 Å². The first-order valence-electron chi connectivity index (χ1n) is 8.00. The van der Waals surface area contributed by atoms with Crippen molar-refractivity contribution in [3.8, 4) is 5.75 Å². The number of carbonyl (C=O) groups excluding carboxylic acids is 1. The minimum Gasteiger partial charge on any atom is -0.489 e. The Labute approximate surface area is 138 Å². The van der Waals surface area contributed by atoms with E-state index in [1.807, 2.05) is 60.7 Å². The van der Waals surface area contributed by atoms with Crippen LogP contribution in [0.2, 0.25) is 0 Å². The molecule has 0 aliphatic heterocycles. The van der Waals surface area contributed by atoms with Gasteiger partial charge >= 0.3 is 0 Å². The van der Waals surface area contributed by atoms with Crippen LogP contribution in [-0.2, 0) is 11.4 Å². The summed E-state index contributed by atoms with van der Waals surface area (Å²) < 4.78 is 5.73. The number of benzene rings is 2. The minimum atomic E-state index is -0.0529. The van der Waals surface area contributed by atoms with Crippen molar-refractivity contribution in [2.75, 3.05) is 6.54 Å². The largest absolute Gasteiger partial charge is 0.489 e. The van der Waals surface area contributed by atoms with Gasteiger partial charge in [-0.05, 0) is 35.8 Å². The standard InChI is InChI=1S/C20H23NO2/c1-2-3-15-21-20(22)14-11-17-9-12-19(13-10-17)23-16-18-7-5-4-6-8-18/h4-14H,2-3,15-16H2,1H3,(H,21,22)/b14-11+. The van der Waals surface area contributed by atoms with Crippen LogP contribution in [0, 0.1) is 0 Å². The Morgan fingerprint density at radius 3 is 2.52 bits per heavy atom. The Hall–Kier alpha value is -2.55. The average molecular weight is 309 g/mol. The van der Waals surface area contributed by atoms with E-state index in [2.05, 4.69) is 12.2 Å². The van der Waals surface area contributed by atoms with Crippen molar-refractivity contribution in [1.82, 2.24) is 5.32 Å². The van der Waals surface area contributed by atoms with Gasteiger partial charge in [-0.25, -0.2) is 0 Å². The first kappa shape index (κ1) is 16.8. The van der Waals surface area contributed by atoms with E-state index in [0.29, 0.717) is 6.61 Å². The maximum atomic E-state index is 11.6. The molecule has 0 aromatic heterocycles. The van der Waals surface area contributed by atoms with Gasteiger partial charge in [0.1, 0.15) is 12.4 Å². The molecule has 2 aromatic carbocycles. The molecule has 0 spiro atoms. The van der Waals surface area contributed by atoms with Crippen LogP contribution >= 0.6 is 0 Å². The second kappa shape index (κ2) is 9.46. The molecular formula is C20H23NO2. The molecule has 0 radical (unpaired) electrons. The highest BCUT2D eigenvalue weighted by Crippen LogP contribution is 2.15. The van der Waals surface area contributed by atoms with Crippen molar-refractivity contribution < 1.29 is 9.53 Å². The zero-order valence-corrected chi connectivity index (χ0v) is 13.5. The Kier molecular flexibility index (Phi) is 6.92. The summed E-state index contributed by atoms with van der Waals surface area (Å²) in [5.74, 6) is 0.765. The number of ether oxygens (including phenoxy) is 1. The van der Waals surface area contributed by atoms with E-state index in [-0.39, 0.29) is 5.91 Å². The predicted octanol–water partition coefficient (Wildman–Crippen LogP) is 4.20. The summed E-state index contributed by atoms with van der Waals surface area (Å²) in [6, 6.07) is 17.8. The molecular weight excluding hydrogens is 286 g/mol. The lowest BCUT2D eigenvalue weighted by Crippen LogP contribution is -2.21. The van der Waals surface area contributed by atoms with Crippen LogP contribution in [0.25, 0.3) is 6.08 Å². The molecule has 3 heteroatoms. The number of amides is 1. The summed E-state index contributed by atoms with van der Waals surface area (Å²) in [5, 5.41) is 2.85. The van der Waals surface area contributed by atoms with Crippen LogP contribution < -0.4 is 10.1 Å². The quantitative estimate of drug-likeness (QED) is 0.586. The fourth-order valence-electron chi connectivity index (χ4n) is 2.04. The van der Waals surface area contributed by atoms with Crippen LogP contribution in [0.15, 0.2) is 60.7 Å². The lowest BCUT2D eigenvalue weighted by molar-refractivity contribution is -0.116. The van der Waals surface area contributed by atoms with Crippen LogP contribution in [0.5, 0.6) is 5.75 Å². The smallest absolute Gasteiger partial charge is 0.243 e. The van der Waals surface area contributed by atoms with Gasteiger partial charge in [0.15, 0.2) is 0 Å². The van der Waals surface area contributed by atoms with Gasteiger partial charge in [0.05, 0.1) is 0 Å². The molecule has 2 rings (SSSR count). The molecule has 0 atom stereocenters. The SMILES string of the molecule is CCCCNC(=O)/C=C/c1ccc(OCc2ccccc2)cc1. The first-order chi connectivity index (χ1) is 11.3. The van der Waals surface area contributed by atoms with Crippen molar-refractivity contribution >= 4 is 12.0 Å². The molecule has 0 heterocycles. The van der Waals surface area contributed by atoms with E-state index in [9.17, 15) is 4.79 Å². The molecule has 0 aliphatic rings. The molecule has 23 heavy (non-hydrogen) atoms. The number of rotatable bonds is 8. The number of hydrogen-bond acceptors (Lipinski definition) is 2. The topological polar surface area (TPSA) is 38.3 Å². The summed E-state index contributed by atoms with van der Waals surface area (Å²) in [7, 11) is 0. The third-order valence-corrected chi connectivity index (χ3v) is 3.39. The minimum absolute atomic E-state index is 0.0529. The second-order valence-electron chi connectivity index (χ2n) is 5.32. The van der Waals surface area contributed by atoms with Gasteiger partial charge < -0.3 is 10.1 Å². The van der Waals surface area contributed by atoms with E-state index in [1.54, 1.807) is 6.08 Å². The Bertz CT molecular complexity index is 618. The number of carbonyl (C=O) groups is 1. The maximum Gasteiger partial charge on any atom is 0.243 e. The zero-order valence-electron chi connectivity index (χ0n) is 13.5. The van der Waals surface area contributed by atoms with Crippen molar-refractivity contribution in [3.63, 3.8) is 0 Å². The summed E-state index contributed by atoms with van der Waals surface area (Å²) in [4.78, 5) is 11.6. The Morgan fingerprint density at radius 1 is 1.09 bits per heavy atom. The molecule has 0 aliphatic carbocycles. The van der Waals surface area contributed by atoms with Gasteiger partial charge in [-0.15, -0.1) is 0 Å². The van der Waals surface area contributed by atoms with Gasteiger partial charge in [0.25, 0.3) is 0 Å². The highest BCUT2D eigenvalue weighted by atomic mass is 16.5. The average Bonchev–Trinajstić information content (AvgIpc) is 2.60. The van der Waals surface area contributed by atoms with E-state index in [0.717, 1.165) is 36.3 Å². The van der Waals surface area contributed by atoms with Gasteiger partial charge in [-0.2, -0.15) is 0 Å². The summed E-state index contributed by atoms with van der Waals surface area (Å²) in [6.45, 7) is 3.38. The normalized spacial score (nSPS) is 10.7. The molecule has 1 N–H and O–H groups in total. The van der Waals surface area contributed by atoms with E-state index >= 15 is 0 Å². The number of unbranched alkanes of at least 4 members (excludes halogenated alkanes) is 1. The molecule has 1 amide bonds. The molecule has 0 fully saturated rings. The lowest BCUT2D eigenvalue weighted by Gasteiger charge is -2.06. The summed E-state index contributed by atoms with van der Waals surface area (Å²) in [5.41, 5.74) is 2.11. The van der Waals surface area contributed by atoms with Gasteiger partial charge in [-0.1, -0.05) is 55.8 Å². The Morgan fingerprint density at radius 2 is 1.83 bits per heavy atom. The maximum absolute atomic E-state index is 11.6. The molecule has 0 saturated heterocycles. The van der Waals surface area contributed by atoms with Gasteiger partial charge in [0, 0.05) is 12.6 Å². The van der Waals surface area contributed by atoms with Crippen LogP contribution in [0.3, 0.4) is 0 Å². The van der Waals surface area contributed by atoms with E-state index in [1.165, 1.54) is 0 Å². The van der Waals surface area contributed by atoms with Crippen molar-refractivity contribution in [2.24, 2.45) is 0 Å².